The number of hydrogen-bond acceptors (Lipinski definition) is 5. The Kier molecular flexibility index (Phi) is 4.42. The van der Waals surface area contributed by atoms with Gasteiger partial charge in [-0.3, -0.25) is 9.78 Å². The van der Waals surface area contributed by atoms with E-state index in [0.717, 1.165) is 42.6 Å². The number of fused-ring (bicyclic) bond motifs is 1. The average molecular weight is 417 g/mol. The Morgan fingerprint density at radius 3 is 2.68 bits per heavy atom. The molecule has 0 saturated heterocycles. The van der Waals surface area contributed by atoms with Gasteiger partial charge in [-0.2, -0.15) is 0 Å². The van der Waals surface area contributed by atoms with Gasteiger partial charge in [-0.1, -0.05) is 30.4 Å². The van der Waals surface area contributed by atoms with E-state index in [-0.39, 0.29) is 12.4 Å². The molecule has 0 radical (unpaired) electrons. The third-order valence-corrected chi connectivity index (χ3v) is 7.76. The predicted octanol–water partition coefficient (Wildman–Crippen LogP) is 4.26. The van der Waals surface area contributed by atoms with Gasteiger partial charge in [0, 0.05) is 24.2 Å². The van der Waals surface area contributed by atoms with Crippen molar-refractivity contribution >= 4 is 17.5 Å². The summed E-state index contributed by atoms with van der Waals surface area (Å²) < 4.78 is 5.74. The van der Waals surface area contributed by atoms with Crippen molar-refractivity contribution in [3.8, 4) is 5.75 Å². The molecule has 7 rings (SSSR count). The summed E-state index contributed by atoms with van der Waals surface area (Å²) in [5.74, 6) is 2.21. The highest BCUT2D eigenvalue weighted by atomic mass is 16.5. The van der Waals surface area contributed by atoms with E-state index in [0.29, 0.717) is 35.1 Å². The molecular weight excluding hydrogens is 388 g/mol. The third kappa shape index (κ3) is 3.35. The first-order valence-corrected chi connectivity index (χ1v) is 11.5. The Bertz CT molecular complexity index is 1030. The first-order valence-electron chi connectivity index (χ1n) is 11.5. The summed E-state index contributed by atoms with van der Waals surface area (Å²) >= 11 is 0. The highest BCUT2D eigenvalue weighted by molar-refractivity contribution is 6.04. The van der Waals surface area contributed by atoms with Gasteiger partial charge in [0.25, 0.3) is 0 Å². The summed E-state index contributed by atoms with van der Waals surface area (Å²) in [4.78, 5) is 17.7. The van der Waals surface area contributed by atoms with Crippen LogP contribution >= 0.6 is 0 Å². The van der Waals surface area contributed by atoms with Crippen molar-refractivity contribution in [2.24, 2.45) is 17.8 Å². The SMILES string of the molecule is O=C(COc1ccccc1)c1cnc2c(c1NC1[C@@H]3CC4C[C@H]1CC(O)(C4)C3)C=CC2. The molecule has 1 aromatic heterocycles. The lowest BCUT2D eigenvalue weighted by Gasteiger charge is -2.58. The quantitative estimate of drug-likeness (QED) is 0.689. The molecule has 0 amide bonds. The highest BCUT2D eigenvalue weighted by Crippen LogP contribution is 2.56. The standard InChI is InChI=1S/C26H28N2O3/c29-23(15-31-19-5-2-1-3-6-19)21-14-27-22-8-4-7-20(22)25(21)28-24-17-9-16-10-18(24)13-26(30,11-16)12-17/h1-7,14,16-18,24,30H,8-13,15H2,(H,27,28)/t16?,17-,18+,24?,26?. The first kappa shape index (κ1) is 19.1. The minimum Gasteiger partial charge on any atom is -0.485 e. The zero-order valence-electron chi connectivity index (χ0n) is 17.6. The molecule has 5 aliphatic carbocycles. The van der Waals surface area contributed by atoms with Crippen molar-refractivity contribution in [2.45, 2.75) is 50.2 Å². The number of Topliss-reactive ketones (excluding diaryl/α,β-unsaturated/α-hetero) is 1. The number of aromatic nitrogens is 1. The number of carbonyl (C=O) groups excluding carboxylic acids is 1. The lowest BCUT2D eigenvalue weighted by molar-refractivity contribution is -0.129. The van der Waals surface area contributed by atoms with Gasteiger partial charge in [0.15, 0.2) is 6.61 Å². The molecule has 5 aliphatic rings. The Balaban J connectivity index is 1.28. The fourth-order valence-electron chi connectivity index (χ4n) is 6.69. The van der Waals surface area contributed by atoms with E-state index >= 15 is 0 Å². The molecule has 2 N–H and O–H groups in total. The molecule has 5 atom stereocenters. The number of allylic oxidation sites excluding steroid dienone is 1. The maximum atomic E-state index is 13.2. The normalized spacial score (nSPS) is 32.2. The lowest BCUT2D eigenvalue weighted by atomic mass is 9.52. The Morgan fingerprint density at radius 2 is 1.94 bits per heavy atom. The summed E-state index contributed by atoms with van der Waals surface area (Å²) in [6, 6.07) is 9.74. The molecule has 5 heteroatoms. The zero-order valence-corrected chi connectivity index (χ0v) is 17.6. The number of nitrogens with one attached hydrogen (secondary N) is 1. The number of carbonyl (C=O) groups is 1. The van der Waals surface area contributed by atoms with Crippen LogP contribution < -0.4 is 10.1 Å². The molecule has 31 heavy (non-hydrogen) atoms. The van der Waals surface area contributed by atoms with E-state index in [1.807, 2.05) is 30.3 Å². The Labute approximate surface area is 182 Å². The average Bonchev–Trinajstić information content (AvgIpc) is 3.23. The van der Waals surface area contributed by atoms with Gasteiger partial charge in [0.1, 0.15) is 5.75 Å². The van der Waals surface area contributed by atoms with Crippen molar-refractivity contribution < 1.29 is 14.6 Å². The van der Waals surface area contributed by atoms with Crippen molar-refractivity contribution in [3.05, 3.63) is 59.4 Å². The molecule has 1 aromatic carbocycles. The number of anilines is 1. The van der Waals surface area contributed by atoms with Crippen LogP contribution in [0.5, 0.6) is 5.75 Å². The second kappa shape index (κ2) is 7.20. The zero-order chi connectivity index (χ0) is 21.0. The van der Waals surface area contributed by atoms with Gasteiger partial charge in [0.05, 0.1) is 22.5 Å². The molecule has 1 heterocycles. The van der Waals surface area contributed by atoms with E-state index in [2.05, 4.69) is 22.5 Å². The summed E-state index contributed by atoms with van der Waals surface area (Å²) in [7, 11) is 0. The smallest absolute Gasteiger partial charge is 0.203 e. The molecule has 0 aliphatic heterocycles. The monoisotopic (exact) mass is 416 g/mol. The number of para-hydroxylation sites is 1. The molecular formula is C26H28N2O3. The van der Waals surface area contributed by atoms with Crippen LogP contribution in [0.1, 0.15) is 53.7 Å². The van der Waals surface area contributed by atoms with E-state index in [1.165, 1.54) is 12.8 Å². The molecule has 3 unspecified atom stereocenters. The number of aliphatic hydroxyl groups is 1. The van der Waals surface area contributed by atoms with Crippen LogP contribution in [0, 0.1) is 17.8 Å². The number of pyridine rings is 1. The van der Waals surface area contributed by atoms with Crippen LogP contribution in [-0.2, 0) is 6.42 Å². The second-order valence-electron chi connectivity index (χ2n) is 9.90. The second-order valence-corrected chi connectivity index (χ2v) is 9.90. The van der Waals surface area contributed by atoms with Crippen LogP contribution in [0.3, 0.4) is 0 Å². The van der Waals surface area contributed by atoms with Crippen LogP contribution in [0.2, 0.25) is 0 Å². The highest BCUT2D eigenvalue weighted by Gasteiger charge is 2.54. The maximum Gasteiger partial charge on any atom is 0.203 e. The van der Waals surface area contributed by atoms with Crippen LogP contribution in [0.4, 0.5) is 5.69 Å². The fraction of sp³-hybridized carbons (Fsp3) is 0.462. The van der Waals surface area contributed by atoms with Crippen molar-refractivity contribution in [1.82, 2.24) is 4.98 Å². The number of ketones is 1. The Hall–Kier alpha value is -2.66. The fourth-order valence-corrected chi connectivity index (χ4v) is 6.69. The molecule has 4 bridgehead atoms. The van der Waals surface area contributed by atoms with Crippen LogP contribution in [0.15, 0.2) is 42.6 Å². The van der Waals surface area contributed by atoms with Gasteiger partial charge in [0.2, 0.25) is 5.78 Å². The summed E-state index contributed by atoms with van der Waals surface area (Å²) in [6.07, 6.45) is 11.8. The van der Waals surface area contributed by atoms with Crippen LogP contribution in [-0.4, -0.2) is 34.1 Å². The van der Waals surface area contributed by atoms with Crippen molar-refractivity contribution in [3.63, 3.8) is 0 Å². The molecule has 4 saturated carbocycles. The van der Waals surface area contributed by atoms with E-state index in [1.54, 1.807) is 6.20 Å². The Morgan fingerprint density at radius 1 is 1.16 bits per heavy atom. The maximum absolute atomic E-state index is 13.2. The van der Waals surface area contributed by atoms with E-state index in [4.69, 9.17) is 4.74 Å². The number of ether oxygens (including phenoxy) is 1. The molecule has 5 nitrogen and oxygen atoms in total. The summed E-state index contributed by atoms with van der Waals surface area (Å²) in [5.41, 5.74) is 3.11. The van der Waals surface area contributed by atoms with Gasteiger partial charge in [-0.15, -0.1) is 0 Å². The van der Waals surface area contributed by atoms with Gasteiger partial charge < -0.3 is 15.2 Å². The molecule has 4 fully saturated rings. The van der Waals surface area contributed by atoms with Gasteiger partial charge in [-0.05, 0) is 62.0 Å². The van der Waals surface area contributed by atoms with Crippen LogP contribution in [0.25, 0.3) is 6.08 Å². The molecule has 160 valence electrons. The number of rotatable bonds is 6. The minimum atomic E-state index is -0.461. The topological polar surface area (TPSA) is 71.5 Å². The summed E-state index contributed by atoms with van der Waals surface area (Å²) in [5, 5.41) is 14.8. The predicted molar refractivity (Wildman–Crippen MR) is 119 cm³/mol. The molecule has 0 spiro atoms. The lowest BCUT2D eigenvalue weighted by Crippen LogP contribution is -2.59. The van der Waals surface area contributed by atoms with E-state index in [9.17, 15) is 9.90 Å². The first-order chi connectivity index (χ1) is 15.1. The molecule has 2 aromatic rings. The van der Waals surface area contributed by atoms with Gasteiger partial charge in [-0.25, -0.2) is 0 Å². The van der Waals surface area contributed by atoms with E-state index < -0.39 is 5.60 Å². The summed E-state index contributed by atoms with van der Waals surface area (Å²) in [6.45, 7) is -0.0117. The minimum absolute atomic E-state index is 0.0117. The van der Waals surface area contributed by atoms with Crippen molar-refractivity contribution in [1.29, 1.82) is 0 Å². The number of benzene rings is 1. The third-order valence-electron chi connectivity index (χ3n) is 7.76. The number of hydrogen-bond donors (Lipinski definition) is 2. The number of nitrogens with zero attached hydrogens (tertiary/aromatic N) is 1. The largest absolute Gasteiger partial charge is 0.485 e. The van der Waals surface area contributed by atoms with Crippen molar-refractivity contribution in [2.75, 3.05) is 11.9 Å². The van der Waals surface area contributed by atoms with Gasteiger partial charge >= 0.3 is 0 Å².